The molecule has 0 aliphatic carbocycles. The molecule has 1 aromatic heterocycles. The zero-order chi connectivity index (χ0) is 19.0. The molecule has 0 aliphatic rings. The molecule has 0 saturated heterocycles. The Morgan fingerprint density at radius 3 is 2.67 bits per heavy atom. The van der Waals surface area contributed by atoms with E-state index in [4.69, 9.17) is 16.0 Å². The van der Waals surface area contributed by atoms with Crippen molar-refractivity contribution in [3.8, 4) is 11.5 Å². The van der Waals surface area contributed by atoms with E-state index in [1.54, 1.807) is 24.3 Å². The molecule has 5 heteroatoms. The van der Waals surface area contributed by atoms with Crippen LogP contribution in [0, 0.1) is 13.8 Å². The minimum Gasteiger partial charge on any atom is -0.436 e. The lowest BCUT2D eigenvalue weighted by molar-refractivity contribution is 0.102. The van der Waals surface area contributed by atoms with Gasteiger partial charge in [-0.2, -0.15) is 0 Å². The number of benzene rings is 3. The lowest BCUT2D eigenvalue weighted by atomic mass is 10.1. The highest BCUT2D eigenvalue weighted by Gasteiger charge is 2.15. The number of amides is 1. The smallest absolute Gasteiger partial charge is 0.255 e. The van der Waals surface area contributed by atoms with Gasteiger partial charge in [0.05, 0.1) is 0 Å². The zero-order valence-electron chi connectivity index (χ0n) is 14.9. The van der Waals surface area contributed by atoms with Gasteiger partial charge < -0.3 is 9.73 Å². The van der Waals surface area contributed by atoms with Crippen LogP contribution in [-0.4, -0.2) is 10.9 Å². The first kappa shape index (κ1) is 17.3. The van der Waals surface area contributed by atoms with E-state index in [9.17, 15) is 4.79 Å². The summed E-state index contributed by atoms with van der Waals surface area (Å²) in [6.45, 7) is 3.89. The fourth-order valence-electron chi connectivity index (χ4n) is 3.00. The number of carbonyl (C=O) groups is 1. The van der Waals surface area contributed by atoms with Gasteiger partial charge in [-0.3, -0.25) is 4.79 Å². The van der Waals surface area contributed by atoms with Crippen LogP contribution in [0.15, 0.2) is 65.1 Å². The average Bonchev–Trinajstić information content (AvgIpc) is 3.06. The fraction of sp³-hybridized carbons (Fsp3) is 0.0909. The van der Waals surface area contributed by atoms with Crippen molar-refractivity contribution in [1.29, 1.82) is 0 Å². The van der Waals surface area contributed by atoms with E-state index < -0.39 is 0 Å². The van der Waals surface area contributed by atoms with Crippen molar-refractivity contribution in [3.05, 3.63) is 82.4 Å². The number of carbonyl (C=O) groups excluding carboxylic acids is 1. The minimum atomic E-state index is -0.150. The van der Waals surface area contributed by atoms with Gasteiger partial charge in [0.25, 0.3) is 5.91 Å². The molecule has 0 radical (unpaired) electrons. The van der Waals surface area contributed by atoms with E-state index in [0.717, 1.165) is 22.4 Å². The Balaban J connectivity index is 1.69. The molecule has 1 heterocycles. The number of nitrogens with zero attached hydrogens (tertiary/aromatic N) is 1. The summed E-state index contributed by atoms with van der Waals surface area (Å²) < 4.78 is 5.87. The highest BCUT2D eigenvalue weighted by Crippen LogP contribution is 2.31. The van der Waals surface area contributed by atoms with Crippen molar-refractivity contribution in [3.63, 3.8) is 0 Å². The topological polar surface area (TPSA) is 55.1 Å². The summed E-state index contributed by atoms with van der Waals surface area (Å²) in [6.07, 6.45) is 0. The summed E-state index contributed by atoms with van der Waals surface area (Å²) in [5.74, 6) is 0.347. The van der Waals surface area contributed by atoms with E-state index in [-0.39, 0.29) is 5.91 Å². The van der Waals surface area contributed by atoms with Gasteiger partial charge in [-0.15, -0.1) is 0 Å². The van der Waals surface area contributed by atoms with E-state index in [1.165, 1.54) is 0 Å². The summed E-state index contributed by atoms with van der Waals surface area (Å²) in [5, 5.41) is 3.59. The Morgan fingerprint density at radius 1 is 1.04 bits per heavy atom. The third-order valence-electron chi connectivity index (χ3n) is 4.44. The average molecular weight is 377 g/mol. The number of aromatic nitrogens is 1. The molecule has 0 aliphatic heterocycles. The van der Waals surface area contributed by atoms with Crippen molar-refractivity contribution >= 4 is 34.3 Å². The summed E-state index contributed by atoms with van der Waals surface area (Å²) >= 11 is 6.03. The number of rotatable bonds is 3. The van der Waals surface area contributed by atoms with Gasteiger partial charge in [-0.1, -0.05) is 35.4 Å². The van der Waals surface area contributed by atoms with E-state index in [1.807, 2.05) is 50.2 Å². The van der Waals surface area contributed by atoms with E-state index in [0.29, 0.717) is 27.6 Å². The second-order valence-electron chi connectivity index (χ2n) is 6.43. The molecule has 0 unspecified atom stereocenters. The lowest BCUT2D eigenvalue weighted by Crippen LogP contribution is -2.13. The zero-order valence-corrected chi connectivity index (χ0v) is 15.7. The monoisotopic (exact) mass is 376 g/mol. The Labute approximate surface area is 161 Å². The highest BCUT2D eigenvalue weighted by atomic mass is 35.5. The molecule has 0 fully saturated rings. The number of aryl methyl sites for hydroxylation is 1. The van der Waals surface area contributed by atoms with Crippen molar-refractivity contribution in [1.82, 2.24) is 4.98 Å². The molecule has 4 nitrogen and oxygen atoms in total. The summed E-state index contributed by atoms with van der Waals surface area (Å²) in [5.41, 5.74) is 5.46. The third kappa shape index (κ3) is 3.44. The molecule has 0 spiro atoms. The van der Waals surface area contributed by atoms with Gasteiger partial charge in [0, 0.05) is 21.8 Å². The number of oxazole rings is 1. The first-order valence-electron chi connectivity index (χ1n) is 8.55. The molecule has 1 N–H and O–H groups in total. The van der Waals surface area contributed by atoms with Crippen LogP contribution in [0.2, 0.25) is 5.02 Å². The van der Waals surface area contributed by atoms with Crippen molar-refractivity contribution in [2.45, 2.75) is 13.8 Å². The Morgan fingerprint density at radius 2 is 1.85 bits per heavy atom. The van der Waals surface area contributed by atoms with Crippen molar-refractivity contribution < 1.29 is 9.21 Å². The molecule has 0 saturated carbocycles. The maximum Gasteiger partial charge on any atom is 0.255 e. The number of fused-ring (bicyclic) bond motifs is 1. The molecule has 4 aromatic rings. The van der Waals surface area contributed by atoms with Crippen molar-refractivity contribution in [2.24, 2.45) is 0 Å². The SMILES string of the molecule is Cc1cccc(C(=O)Nc2cccc(-c3nc4cc(Cl)ccc4o3)c2C)c1. The number of anilines is 1. The fourth-order valence-corrected chi connectivity index (χ4v) is 3.17. The molecule has 0 bridgehead atoms. The van der Waals surface area contributed by atoms with Crippen LogP contribution in [0.4, 0.5) is 5.69 Å². The highest BCUT2D eigenvalue weighted by molar-refractivity contribution is 6.31. The molecule has 1 amide bonds. The summed E-state index contributed by atoms with van der Waals surface area (Å²) in [7, 11) is 0. The Bertz CT molecular complexity index is 1160. The standard InChI is InChI=1S/C22H17ClN2O2/c1-13-5-3-6-15(11-13)21(26)24-18-8-4-7-17(14(18)2)22-25-19-12-16(23)9-10-20(19)27-22/h3-12H,1-2H3,(H,24,26). The van der Waals surface area contributed by atoms with Gasteiger partial charge in [-0.05, 0) is 61.9 Å². The predicted octanol–water partition coefficient (Wildman–Crippen LogP) is 6.02. The maximum absolute atomic E-state index is 12.6. The maximum atomic E-state index is 12.6. The van der Waals surface area contributed by atoms with Crippen LogP contribution in [0.5, 0.6) is 0 Å². The van der Waals surface area contributed by atoms with Crippen molar-refractivity contribution in [2.75, 3.05) is 5.32 Å². The number of halogens is 1. The summed E-state index contributed by atoms with van der Waals surface area (Å²) in [6, 6.07) is 18.5. The molecule has 4 rings (SSSR count). The molecule has 3 aromatic carbocycles. The van der Waals surface area contributed by atoms with Crippen LogP contribution in [-0.2, 0) is 0 Å². The number of hydrogen-bond donors (Lipinski definition) is 1. The summed E-state index contributed by atoms with van der Waals surface area (Å²) in [4.78, 5) is 17.1. The number of nitrogens with one attached hydrogen (secondary N) is 1. The number of hydrogen-bond acceptors (Lipinski definition) is 3. The quantitative estimate of drug-likeness (QED) is 0.475. The molecule has 134 valence electrons. The van der Waals surface area contributed by atoms with Gasteiger partial charge in [0.2, 0.25) is 5.89 Å². The van der Waals surface area contributed by atoms with E-state index >= 15 is 0 Å². The lowest BCUT2D eigenvalue weighted by Gasteiger charge is -2.11. The third-order valence-corrected chi connectivity index (χ3v) is 4.68. The van der Waals surface area contributed by atoms with Crippen LogP contribution in [0.3, 0.4) is 0 Å². The largest absolute Gasteiger partial charge is 0.436 e. The normalized spacial score (nSPS) is 10.9. The van der Waals surface area contributed by atoms with Crippen LogP contribution in [0.1, 0.15) is 21.5 Å². The Kier molecular flexibility index (Phi) is 4.42. The first-order chi connectivity index (χ1) is 13.0. The minimum absolute atomic E-state index is 0.150. The van der Waals surface area contributed by atoms with Crippen LogP contribution >= 0.6 is 11.6 Å². The van der Waals surface area contributed by atoms with Crippen LogP contribution < -0.4 is 5.32 Å². The van der Waals surface area contributed by atoms with Gasteiger partial charge in [0.15, 0.2) is 5.58 Å². The molecule has 0 atom stereocenters. The van der Waals surface area contributed by atoms with Gasteiger partial charge in [-0.25, -0.2) is 4.98 Å². The second kappa shape index (κ2) is 6.89. The molecular weight excluding hydrogens is 360 g/mol. The second-order valence-corrected chi connectivity index (χ2v) is 6.87. The molecule has 27 heavy (non-hydrogen) atoms. The molecular formula is C22H17ClN2O2. The van der Waals surface area contributed by atoms with E-state index in [2.05, 4.69) is 10.3 Å². The first-order valence-corrected chi connectivity index (χ1v) is 8.93. The predicted molar refractivity (Wildman–Crippen MR) is 108 cm³/mol. The van der Waals surface area contributed by atoms with Crippen LogP contribution in [0.25, 0.3) is 22.6 Å². The van der Waals surface area contributed by atoms with Gasteiger partial charge >= 0.3 is 0 Å². The van der Waals surface area contributed by atoms with Gasteiger partial charge in [0.1, 0.15) is 5.52 Å². The Hall–Kier alpha value is -3.11.